The molecule has 0 bridgehead atoms. The van der Waals surface area contributed by atoms with E-state index in [1.54, 1.807) is 11.4 Å². The minimum atomic E-state index is -0.953. The van der Waals surface area contributed by atoms with Gasteiger partial charge in [0.1, 0.15) is 12.7 Å². The third-order valence-electron chi connectivity index (χ3n) is 5.30. The number of aliphatic hydroxyl groups is 2. The SMILES string of the molecule is O=C(NCCC(O)C(O)c1ccsc1)OCC1c2ccccc2-c2ccccc21. The van der Waals surface area contributed by atoms with Crippen LogP contribution in [0.25, 0.3) is 11.1 Å². The van der Waals surface area contributed by atoms with Crippen molar-refractivity contribution in [3.63, 3.8) is 0 Å². The molecular formula is C23H23NO4S. The fourth-order valence-corrected chi connectivity index (χ4v) is 4.48. The van der Waals surface area contributed by atoms with E-state index in [1.165, 1.54) is 22.5 Å². The Morgan fingerprint density at radius 3 is 2.31 bits per heavy atom. The Bertz CT molecular complexity index is 927. The van der Waals surface area contributed by atoms with Crippen LogP contribution >= 0.6 is 11.3 Å². The summed E-state index contributed by atoms with van der Waals surface area (Å²) in [5, 5.41) is 26.5. The lowest BCUT2D eigenvalue weighted by Gasteiger charge is -2.18. The summed E-state index contributed by atoms with van der Waals surface area (Å²) >= 11 is 1.46. The highest BCUT2D eigenvalue weighted by Gasteiger charge is 2.29. The van der Waals surface area contributed by atoms with E-state index in [4.69, 9.17) is 4.74 Å². The minimum absolute atomic E-state index is 0.0131. The third kappa shape index (κ3) is 4.19. The molecular weight excluding hydrogens is 386 g/mol. The van der Waals surface area contributed by atoms with Crippen molar-refractivity contribution in [3.8, 4) is 11.1 Å². The number of nitrogens with one attached hydrogen (secondary N) is 1. The molecule has 1 aromatic heterocycles. The van der Waals surface area contributed by atoms with E-state index in [-0.39, 0.29) is 25.5 Å². The van der Waals surface area contributed by atoms with Crippen LogP contribution in [0.2, 0.25) is 0 Å². The molecule has 0 saturated heterocycles. The van der Waals surface area contributed by atoms with Crippen LogP contribution in [0, 0.1) is 0 Å². The molecule has 29 heavy (non-hydrogen) atoms. The predicted molar refractivity (Wildman–Crippen MR) is 113 cm³/mol. The largest absolute Gasteiger partial charge is 0.449 e. The van der Waals surface area contributed by atoms with E-state index in [9.17, 15) is 15.0 Å². The van der Waals surface area contributed by atoms with Crippen molar-refractivity contribution in [2.45, 2.75) is 24.5 Å². The molecule has 1 amide bonds. The number of alkyl carbamates (subject to hydrolysis) is 1. The molecule has 0 spiro atoms. The van der Waals surface area contributed by atoms with Gasteiger partial charge in [-0.3, -0.25) is 0 Å². The normalized spacial score (nSPS) is 14.7. The highest BCUT2D eigenvalue weighted by molar-refractivity contribution is 7.07. The van der Waals surface area contributed by atoms with Crippen LogP contribution in [-0.4, -0.2) is 35.6 Å². The van der Waals surface area contributed by atoms with Crippen molar-refractivity contribution in [2.75, 3.05) is 13.2 Å². The summed E-state index contributed by atoms with van der Waals surface area (Å²) in [6.45, 7) is 0.471. The lowest BCUT2D eigenvalue weighted by atomic mass is 9.98. The first kappa shape index (κ1) is 19.6. The molecule has 0 fully saturated rings. The van der Waals surface area contributed by atoms with Crippen LogP contribution in [0.5, 0.6) is 0 Å². The van der Waals surface area contributed by atoms with E-state index in [1.807, 2.05) is 29.6 Å². The standard InChI is InChI=1S/C23H23NO4S/c25-21(22(26)15-10-12-29-14-15)9-11-24-23(27)28-13-20-18-7-3-1-5-16(18)17-6-2-4-8-19(17)20/h1-8,10,12,14,20-22,25-26H,9,11,13H2,(H,24,27). The molecule has 150 valence electrons. The van der Waals surface area contributed by atoms with Gasteiger partial charge in [0, 0.05) is 12.5 Å². The number of hydrogen-bond acceptors (Lipinski definition) is 5. The van der Waals surface area contributed by atoms with Crippen molar-refractivity contribution in [1.82, 2.24) is 5.32 Å². The second-order valence-corrected chi connectivity index (χ2v) is 7.89. The third-order valence-corrected chi connectivity index (χ3v) is 6.00. The molecule has 3 N–H and O–H groups in total. The van der Waals surface area contributed by atoms with Gasteiger partial charge in [0.2, 0.25) is 0 Å². The molecule has 6 heteroatoms. The number of fused-ring (bicyclic) bond motifs is 3. The molecule has 2 atom stereocenters. The minimum Gasteiger partial charge on any atom is -0.449 e. The van der Waals surface area contributed by atoms with Gasteiger partial charge < -0.3 is 20.3 Å². The van der Waals surface area contributed by atoms with Gasteiger partial charge >= 0.3 is 6.09 Å². The second-order valence-electron chi connectivity index (χ2n) is 7.11. The number of carbonyl (C=O) groups is 1. The number of rotatable bonds is 7. The van der Waals surface area contributed by atoms with E-state index in [2.05, 4.69) is 29.6 Å². The summed E-state index contributed by atoms with van der Waals surface area (Å²) in [7, 11) is 0. The topological polar surface area (TPSA) is 78.8 Å². The number of amides is 1. The molecule has 0 aliphatic heterocycles. The van der Waals surface area contributed by atoms with Crippen molar-refractivity contribution in [3.05, 3.63) is 82.0 Å². The first-order chi connectivity index (χ1) is 14.1. The van der Waals surface area contributed by atoms with Gasteiger partial charge in [0.05, 0.1) is 6.10 Å². The predicted octanol–water partition coefficient (Wildman–Crippen LogP) is 4.07. The van der Waals surface area contributed by atoms with Crippen molar-refractivity contribution >= 4 is 17.4 Å². The summed E-state index contributed by atoms with van der Waals surface area (Å²) < 4.78 is 5.46. The van der Waals surface area contributed by atoms with Gasteiger partial charge in [0.15, 0.2) is 0 Å². The fraction of sp³-hybridized carbons (Fsp3) is 0.261. The molecule has 5 nitrogen and oxygen atoms in total. The van der Waals surface area contributed by atoms with Crippen molar-refractivity contribution in [1.29, 1.82) is 0 Å². The van der Waals surface area contributed by atoms with Gasteiger partial charge in [0.25, 0.3) is 0 Å². The molecule has 4 rings (SSSR count). The molecule has 0 radical (unpaired) electrons. The molecule has 1 aliphatic carbocycles. The maximum Gasteiger partial charge on any atom is 0.407 e. The number of carbonyl (C=O) groups excluding carboxylic acids is 1. The van der Waals surface area contributed by atoms with Crippen molar-refractivity contribution in [2.24, 2.45) is 0 Å². The molecule has 1 aliphatic rings. The number of benzene rings is 2. The summed E-state index contributed by atoms with van der Waals surface area (Å²) in [6.07, 6.45) is -2.19. The maximum absolute atomic E-state index is 12.1. The highest BCUT2D eigenvalue weighted by atomic mass is 32.1. The number of aliphatic hydroxyl groups excluding tert-OH is 2. The average Bonchev–Trinajstić information content (AvgIpc) is 3.38. The highest BCUT2D eigenvalue weighted by Crippen LogP contribution is 2.44. The van der Waals surface area contributed by atoms with Gasteiger partial charge in [-0.15, -0.1) is 0 Å². The Labute approximate surface area is 173 Å². The molecule has 1 heterocycles. The number of hydrogen-bond donors (Lipinski definition) is 3. The van der Waals surface area contributed by atoms with Gasteiger partial charge in [-0.2, -0.15) is 11.3 Å². The summed E-state index contributed by atoms with van der Waals surface area (Å²) in [5.41, 5.74) is 5.38. The Morgan fingerprint density at radius 1 is 1.03 bits per heavy atom. The van der Waals surface area contributed by atoms with Crippen LogP contribution in [0.1, 0.15) is 35.1 Å². The first-order valence-corrected chi connectivity index (χ1v) is 10.6. The van der Waals surface area contributed by atoms with E-state index in [0.29, 0.717) is 5.56 Å². The van der Waals surface area contributed by atoms with Gasteiger partial charge in [-0.05, 0) is 51.1 Å². The molecule has 3 aromatic rings. The van der Waals surface area contributed by atoms with Gasteiger partial charge in [-0.25, -0.2) is 4.79 Å². The number of thiophene rings is 1. The van der Waals surface area contributed by atoms with Crippen LogP contribution in [0.3, 0.4) is 0 Å². The molecule has 2 aromatic carbocycles. The Kier molecular flexibility index (Phi) is 5.94. The lowest BCUT2D eigenvalue weighted by Crippen LogP contribution is -2.30. The summed E-state index contributed by atoms with van der Waals surface area (Å²) in [4.78, 5) is 12.1. The van der Waals surface area contributed by atoms with Crippen LogP contribution in [0.4, 0.5) is 4.79 Å². The zero-order valence-electron chi connectivity index (χ0n) is 15.8. The summed E-state index contributed by atoms with van der Waals surface area (Å²) in [5.74, 6) is 0.0131. The Morgan fingerprint density at radius 2 is 1.69 bits per heavy atom. The van der Waals surface area contributed by atoms with E-state index >= 15 is 0 Å². The summed E-state index contributed by atoms with van der Waals surface area (Å²) in [6, 6.07) is 18.1. The first-order valence-electron chi connectivity index (χ1n) is 9.62. The monoisotopic (exact) mass is 409 g/mol. The van der Waals surface area contributed by atoms with E-state index < -0.39 is 18.3 Å². The smallest absolute Gasteiger partial charge is 0.407 e. The maximum atomic E-state index is 12.1. The van der Waals surface area contributed by atoms with Crippen LogP contribution in [-0.2, 0) is 4.74 Å². The lowest BCUT2D eigenvalue weighted by molar-refractivity contribution is 0.0139. The fourth-order valence-electron chi connectivity index (χ4n) is 3.79. The Hall–Kier alpha value is -2.67. The van der Waals surface area contributed by atoms with Crippen LogP contribution < -0.4 is 5.32 Å². The zero-order chi connectivity index (χ0) is 20.2. The number of ether oxygens (including phenoxy) is 1. The van der Waals surface area contributed by atoms with Crippen molar-refractivity contribution < 1.29 is 19.7 Å². The quantitative estimate of drug-likeness (QED) is 0.550. The van der Waals surface area contributed by atoms with Crippen LogP contribution in [0.15, 0.2) is 65.4 Å². The van der Waals surface area contributed by atoms with E-state index in [0.717, 1.165) is 11.1 Å². The molecule has 0 saturated carbocycles. The Balaban J connectivity index is 1.29. The van der Waals surface area contributed by atoms with Gasteiger partial charge in [-0.1, -0.05) is 48.5 Å². The molecule has 2 unspecified atom stereocenters. The second kappa shape index (κ2) is 8.78. The average molecular weight is 410 g/mol. The zero-order valence-corrected chi connectivity index (χ0v) is 16.6.